The number of carbonyl (C=O) groups excluding carboxylic acids is 1. The number of fused-ring (bicyclic) bond motifs is 1. The number of rotatable bonds is 5. The molecule has 0 spiro atoms. The molecule has 4 nitrogen and oxygen atoms in total. The van der Waals surface area contributed by atoms with Crippen LogP contribution in [0.25, 0.3) is 10.9 Å². The van der Waals surface area contributed by atoms with Gasteiger partial charge in [-0.05, 0) is 37.1 Å². The fraction of sp³-hybridized carbons (Fsp3) is 0.200. The van der Waals surface area contributed by atoms with Crippen LogP contribution in [-0.4, -0.2) is 24.5 Å². The second kappa shape index (κ2) is 7.13. The highest BCUT2D eigenvalue weighted by Crippen LogP contribution is 2.20. The number of hydrogen-bond acceptors (Lipinski definition) is 3. The maximum atomic E-state index is 12.5. The molecule has 3 rings (SSSR count). The maximum absolute atomic E-state index is 12.5. The van der Waals surface area contributed by atoms with Gasteiger partial charge < -0.3 is 10.1 Å². The monoisotopic (exact) mass is 320 g/mol. The van der Waals surface area contributed by atoms with Crippen LogP contribution < -0.4 is 10.1 Å². The summed E-state index contributed by atoms with van der Waals surface area (Å²) in [6.45, 7) is 2.59. The van der Waals surface area contributed by atoms with E-state index in [4.69, 9.17) is 4.74 Å². The van der Waals surface area contributed by atoms with E-state index in [1.165, 1.54) is 5.56 Å². The highest BCUT2D eigenvalue weighted by atomic mass is 16.5. The van der Waals surface area contributed by atoms with Crippen LogP contribution in [-0.2, 0) is 6.42 Å². The lowest BCUT2D eigenvalue weighted by molar-refractivity contribution is 0.0955. The molecule has 122 valence electrons. The van der Waals surface area contributed by atoms with Crippen LogP contribution >= 0.6 is 0 Å². The molecule has 1 N–H and O–H groups in total. The molecule has 0 unspecified atom stereocenters. The number of ether oxygens (including phenoxy) is 1. The van der Waals surface area contributed by atoms with Gasteiger partial charge in [0.1, 0.15) is 5.75 Å². The standard InChI is InChI=1S/C20H20N2O2/c1-14-8-9-18(24-2)16(13-14)10-12-22-20(23)17-7-3-5-15-6-4-11-21-19(15)17/h3-9,11,13H,10,12H2,1-2H3,(H,22,23). The first-order chi connectivity index (χ1) is 11.7. The second-order valence-corrected chi connectivity index (χ2v) is 5.70. The summed E-state index contributed by atoms with van der Waals surface area (Å²) in [6, 6.07) is 15.5. The number of benzene rings is 2. The zero-order valence-corrected chi connectivity index (χ0v) is 13.9. The highest BCUT2D eigenvalue weighted by Gasteiger charge is 2.11. The summed E-state index contributed by atoms with van der Waals surface area (Å²) >= 11 is 0. The van der Waals surface area contributed by atoms with Crippen LogP contribution in [0.4, 0.5) is 0 Å². The molecule has 0 saturated carbocycles. The van der Waals surface area contributed by atoms with Gasteiger partial charge in [0.05, 0.1) is 18.2 Å². The van der Waals surface area contributed by atoms with Crippen molar-refractivity contribution in [3.05, 3.63) is 71.4 Å². The average molecular weight is 320 g/mol. The number of aryl methyl sites for hydroxylation is 1. The normalized spacial score (nSPS) is 10.6. The van der Waals surface area contributed by atoms with Crippen molar-refractivity contribution in [2.24, 2.45) is 0 Å². The van der Waals surface area contributed by atoms with Crippen molar-refractivity contribution in [2.75, 3.05) is 13.7 Å². The largest absolute Gasteiger partial charge is 0.496 e. The van der Waals surface area contributed by atoms with E-state index in [0.29, 0.717) is 12.1 Å². The predicted molar refractivity (Wildman–Crippen MR) is 95.5 cm³/mol. The smallest absolute Gasteiger partial charge is 0.253 e. The first kappa shape index (κ1) is 16.0. The van der Waals surface area contributed by atoms with Crippen molar-refractivity contribution in [3.8, 4) is 5.75 Å². The average Bonchev–Trinajstić information content (AvgIpc) is 2.61. The minimum absolute atomic E-state index is 0.106. The third kappa shape index (κ3) is 3.38. The van der Waals surface area contributed by atoms with Crippen LogP contribution in [0.15, 0.2) is 54.7 Å². The minimum Gasteiger partial charge on any atom is -0.496 e. The highest BCUT2D eigenvalue weighted by molar-refractivity contribution is 6.05. The van der Waals surface area contributed by atoms with Crippen LogP contribution in [0.3, 0.4) is 0 Å². The molecule has 2 aromatic carbocycles. The number of nitrogens with zero attached hydrogens (tertiary/aromatic N) is 1. The SMILES string of the molecule is COc1ccc(C)cc1CCNC(=O)c1cccc2cccnc12. The third-order valence-electron chi connectivity index (χ3n) is 3.99. The molecule has 0 saturated heterocycles. The molecule has 0 aliphatic rings. The lowest BCUT2D eigenvalue weighted by Crippen LogP contribution is -2.26. The van der Waals surface area contributed by atoms with E-state index < -0.39 is 0 Å². The molecule has 24 heavy (non-hydrogen) atoms. The Labute approximate surface area is 141 Å². The molecule has 0 atom stereocenters. The summed E-state index contributed by atoms with van der Waals surface area (Å²) in [5.74, 6) is 0.743. The molecule has 0 bridgehead atoms. The minimum atomic E-state index is -0.106. The van der Waals surface area contributed by atoms with Crippen LogP contribution in [0.1, 0.15) is 21.5 Å². The summed E-state index contributed by atoms with van der Waals surface area (Å²) in [6.07, 6.45) is 2.42. The molecule has 0 radical (unpaired) electrons. The van der Waals surface area contributed by atoms with Crippen molar-refractivity contribution in [2.45, 2.75) is 13.3 Å². The van der Waals surface area contributed by atoms with Gasteiger partial charge in [0.15, 0.2) is 0 Å². The lowest BCUT2D eigenvalue weighted by atomic mass is 10.1. The molecule has 1 heterocycles. The van der Waals surface area contributed by atoms with Gasteiger partial charge in [-0.1, -0.05) is 35.9 Å². The topological polar surface area (TPSA) is 51.2 Å². The quantitative estimate of drug-likeness (QED) is 0.782. The van der Waals surface area contributed by atoms with Crippen molar-refractivity contribution < 1.29 is 9.53 Å². The van der Waals surface area contributed by atoms with Gasteiger partial charge in [-0.25, -0.2) is 0 Å². The fourth-order valence-electron chi connectivity index (χ4n) is 2.80. The van der Waals surface area contributed by atoms with E-state index in [-0.39, 0.29) is 5.91 Å². The molecule has 4 heteroatoms. The van der Waals surface area contributed by atoms with Crippen LogP contribution in [0.5, 0.6) is 5.75 Å². The number of amides is 1. The van der Waals surface area contributed by atoms with Gasteiger partial charge in [-0.15, -0.1) is 0 Å². The van der Waals surface area contributed by atoms with Gasteiger partial charge in [-0.2, -0.15) is 0 Å². The number of carbonyl (C=O) groups is 1. The van der Waals surface area contributed by atoms with Crippen LogP contribution in [0.2, 0.25) is 0 Å². The lowest BCUT2D eigenvalue weighted by Gasteiger charge is -2.11. The first-order valence-electron chi connectivity index (χ1n) is 7.94. The zero-order chi connectivity index (χ0) is 16.9. The van der Waals surface area contributed by atoms with Gasteiger partial charge in [-0.3, -0.25) is 9.78 Å². The maximum Gasteiger partial charge on any atom is 0.253 e. The summed E-state index contributed by atoms with van der Waals surface area (Å²) < 4.78 is 5.38. The summed E-state index contributed by atoms with van der Waals surface area (Å²) in [7, 11) is 1.66. The second-order valence-electron chi connectivity index (χ2n) is 5.70. The van der Waals surface area contributed by atoms with Gasteiger partial charge >= 0.3 is 0 Å². The molecule has 0 aliphatic carbocycles. The Morgan fingerprint density at radius 3 is 2.83 bits per heavy atom. The van der Waals surface area contributed by atoms with Gasteiger partial charge in [0, 0.05) is 18.1 Å². The number of para-hydroxylation sites is 1. The Morgan fingerprint density at radius 1 is 1.17 bits per heavy atom. The summed E-state index contributed by atoms with van der Waals surface area (Å²) in [5.41, 5.74) is 3.60. The van der Waals surface area contributed by atoms with Crippen molar-refractivity contribution >= 4 is 16.8 Å². The van der Waals surface area contributed by atoms with Crippen molar-refractivity contribution in [3.63, 3.8) is 0 Å². The number of aromatic nitrogens is 1. The summed E-state index contributed by atoms with van der Waals surface area (Å²) in [4.78, 5) is 16.8. The molecule has 3 aromatic rings. The number of methoxy groups -OCH3 is 1. The zero-order valence-electron chi connectivity index (χ0n) is 13.9. The Bertz CT molecular complexity index is 869. The van der Waals surface area contributed by atoms with E-state index in [2.05, 4.69) is 16.4 Å². The van der Waals surface area contributed by atoms with E-state index in [0.717, 1.165) is 28.6 Å². The molecular weight excluding hydrogens is 300 g/mol. The first-order valence-corrected chi connectivity index (χ1v) is 7.94. The third-order valence-corrected chi connectivity index (χ3v) is 3.99. The Hall–Kier alpha value is -2.88. The Kier molecular flexibility index (Phi) is 4.75. The molecule has 0 aliphatic heterocycles. The van der Waals surface area contributed by atoms with E-state index in [9.17, 15) is 4.79 Å². The Morgan fingerprint density at radius 2 is 2.00 bits per heavy atom. The predicted octanol–water partition coefficient (Wildman–Crippen LogP) is 3.52. The van der Waals surface area contributed by atoms with E-state index in [1.807, 2.05) is 43.3 Å². The van der Waals surface area contributed by atoms with E-state index >= 15 is 0 Å². The van der Waals surface area contributed by atoms with Crippen LogP contribution in [0, 0.1) is 6.92 Å². The van der Waals surface area contributed by atoms with Gasteiger partial charge in [0.25, 0.3) is 5.91 Å². The van der Waals surface area contributed by atoms with Crippen molar-refractivity contribution in [1.82, 2.24) is 10.3 Å². The molecule has 0 fully saturated rings. The number of nitrogens with one attached hydrogen (secondary N) is 1. The number of hydrogen-bond donors (Lipinski definition) is 1. The Balaban J connectivity index is 1.71. The fourth-order valence-corrected chi connectivity index (χ4v) is 2.80. The van der Waals surface area contributed by atoms with E-state index in [1.54, 1.807) is 19.4 Å². The van der Waals surface area contributed by atoms with Crippen molar-refractivity contribution in [1.29, 1.82) is 0 Å². The molecular formula is C20H20N2O2. The molecule has 1 amide bonds. The number of pyridine rings is 1. The van der Waals surface area contributed by atoms with Gasteiger partial charge in [0.2, 0.25) is 0 Å². The summed E-state index contributed by atoms with van der Waals surface area (Å²) in [5, 5.41) is 3.94. The molecule has 1 aromatic heterocycles.